The third-order valence-corrected chi connectivity index (χ3v) is 8.85. The van der Waals surface area contributed by atoms with Gasteiger partial charge in [0.05, 0.1) is 11.5 Å². The van der Waals surface area contributed by atoms with Crippen molar-refractivity contribution in [3.63, 3.8) is 0 Å². The molecule has 0 aliphatic carbocycles. The minimum Gasteiger partial charge on any atom is -0.395 e. The molecular formula is C25H27FN4O3S. The molecule has 0 radical (unpaired) electrons. The smallest absolute Gasteiger partial charge is 0.243 e. The van der Waals surface area contributed by atoms with E-state index in [4.69, 9.17) is 0 Å². The van der Waals surface area contributed by atoms with Crippen LogP contribution in [0, 0.1) is 5.82 Å². The van der Waals surface area contributed by atoms with Gasteiger partial charge in [-0.3, -0.25) is 4.90 Å². The Morgan fingerprint density at radius 2 is 1.62 bits per heavy atom. The van der Waals surface area contributed by atoms with Gasteiger partial charge in [0.25, 0.3) is 0 Å². The summed E-state index contributed by atoms with van der Waals surface area (Å²) in [4.78, 5) is 10.5. The van der Waals surface area contributed by atoms with E-state index < -0.39 is 15.8 Å². The summed E-state index contributed by atoms with van der Waals surface area (Å²) in [6.45, 7) is 1.60. The summed E-state index contributed by atoms with van der Waals surface area (Å²) in [5, 5.41) is 10.2. The Hall–Kier alpha value is -2.72. The van der Waals surface area contributed by atoms with Gasteiger partial charge < -0.3 is 5.11 Å². The molecule has 1 aromatic heterocycles. The Morgan fingerprint density at radius 1 is 0.941 bits per heavy atom. The lowest BCUT2D eigenvalue weighted by molar-refractivity contribution is -0.0553. The number of aliphatic hydroxyl groups is 1. The van der Waals surface area contributed by atoms with E-state index in [0.29, 0.717) is 13.1 Å². The first-order chi connectivity index (χ1) is 16.5. The van der Waals surface area contributed by atoms with Crippen LogP contribution in [0.3, 0.4) is 0 Å². The van der Waals surface area contributed by atoms with Crippen LogP contribution in [0.2, 0.25) is 0 Å². The third kappa shape index (κ3) is 4.24. The predicted molar refractivity (Wildman–Crippen MR) is 126 cm³/mol. The second-order valence-corrected chi connectivity index (χ2v) is 10.8. The second-order valence-electron chi connectivity index (χ2n) is 8.85. The number of hydrogen-bond acceptors (Lipinski definition) is 6. The maximum absolute atomic E-state index is 13.4. The molecule has 3 atom stereocenters. The molecule has 2 fully saturated rings. The SMILES string of the molecule is O=S(=O)(c1ccc(F)cc1)N1CCCCN2[C@H](CO)[C@@H](c3ccc(-c4cncnc4)cc3)[C@@H]2C1. The highest BCUT2D eigenvalue weighted by molar-refractivity contribution is 7.89. The lowest BCUT2D eigenvalue weighted by atomic mass is 9.74. The van der Waals surface area contributed by atoms with Crippen molar-refractivity contribution in [2.45, 2.75) is 35.7 Å². The number of sulfonamides is 1. The fourth-order valence-corrected chi connectivity index (χ4v) is 6.73. The van der Waals surface area contributed by atoms with E-state index >= 15 is 0 Å². The first-order valence-corrected chi connectivity index (χ1v) is 12.9. The Labute approximate surface area is 198 Å². The standard InChI is InChI=1S/C25H27FN4O3S/c26-21-7-9-22(10-8-21)34(32,33)29-11-1-2-12-30-23(15-29)25(24(30)16-31)19-5-3-18(4-6-19)20-13-27-17-28-14-20/h3-10,13-14,17,23-25,31H,1-2,11-12,15-16H2/t23-,24+,25-/m0/s1. The average Bonchev–Trinajstić information content (AvgIpc) is 2.84. The monoisotopic (exact) mass is 482 g/mol. The number of hydrogen-bond donors (Lipinski definition) is 1. The van der Waals surface area contributed by atoms with E-state index in [1.165, 1.54) is 34.9 Å². The third-order valence-electron chi connectivity index (χ3n) is 6.97. The summed E-state index contributed by atoms with van der Waals surface area (Å²) in [5.41, 5.74) is 2.99. The molecule has 0 saturated carbocycles. The van der Waals surface area contributed by atoms with Crippen molar-refractivity contribution < 1.29 is 17.9 Å². The van der Waals surface area contributed by atoms with E-state index in [1.54, 1.807) is 12.4 Å². The zero-order valence-corrected chi connectivity index (χ0v) is 19.5. The van der Waals surface area contributed by atoms with Crippen LogP contribution < -0.4 is 0 Å². The Bertz CT molecular complexity index is 1220. The van der Waals surface area contributed by atoms with Gasteiger partial charge in [0.1, 0.15) is 12.1 Å². The highest BCUT2D eigenvalue weighted by Crippen LogP contribution is 2.43. The summed E-state index contributed by atoms with van der Waals surface area (Å²) in [7, 11) is -3.75. The topological polar surface area (TPSA) is 86.6 Å². The molecule has 0 bridgehead atoms. The summed E-state index contributed by atoms with van der Waals surface area (Å²) < 4.78 is 41.6. The van der Waals surface area contributed by atoms with Crippen molar-refractivity contribution in [3.8, 4) is 11.1 Å². The molecule has 0 spiro atoms. The van der Waals surface area contributed by atoms with Crippen molar-refractivity contribution in [1.82, 2.24) is 19.2 Å². The van der Waals surface area contributed by atoms with Crippen LogP contribution in [-0.4, -0.2) is 71.0 Å². The fraction of sp³-hybridized carbons (Fsp3) is 0.360. The van der Waals surface area contributed by atoms with Gasteiger partial charge >= 0.3 is 0 Å². The van der Waals surface area contributed by atoms with Crippen LogP contribution >= 0.6 is 0 Å². The number of aromatic nitrogens is 2. The van der Waals surface area contributed by atoms with Gasteiger partial charge in [0, 0.05) is 49.0 Å². The first-order valence-electron chi connectivity index (χ1n) is 11.5. The van der Waals surface area contributed by atoms with Crippen LogP contribution in [0.4, 0.5) is 4.39 Å². The summed E-state index contributed by atoms with van der Waals surface area (Å²) >= 11 is 0. The maximum atomic E-state index is 13.4. The molecule has 2 saturated heterocycles. The molecule has 3 aromatic rings. The first kappa shape index (κ1) is 23.0. The predicted octanol–water partition coefficient (Wildman–Crippen LogP) is 2.90. The Kier molecular flexibility index (Phi) is 6.44. The van der Waals surface area contributed by atoms with Crippen LogP contribution in [-0.2, 0) is 10.0 Å². The van der Waals surface area contributed by atoms with E-state index in [9.17, 15) is 17.9 Å². The van der Waals surface area contributed by atoms with Gasteiger partial charge in [-0.25, -0.2) is 22.8 Å². The zero-order chi connectivity index (χ0) is 23.7. The van der Waals surface area contributed by atoms with Crippen LogP contribution in [0.5, 0.6) is 0 Å². The number of rotatable bonds is 5. The molecule has 1 N–H and O–H groups in total. The Balaban J connectivity index is 1.42. The maximum Gasteiger partial charge on any atom is 0.243 e. The molecule has 178 valence electrons. The average molecular weight is 483 g/mol. The second kappa shape index (κ2) is 9.50. The fourth-order valence-electron chi connectivity index (χ4n) is 5.23. The van der Waals surface area contributed by atoms with Crippen molar-refractivity contribution >= 4 is 10.0 Å². The largest absolute Gasteiger partial charge is 0.395 e. The molecular weight excluding hydrogens is 455 g/mol. The minimum atomic E-state index is -3.75. The lowest BCUT2D eigenvalue weighted by Crippen LogP contribution is -2.67. The molecule has 34 heavy (non-hydrogen) atoms. The summed E-state index contributed by atoms with van der Waals surface area (Å²) in [6, 6.07) is 13.0. The van der Waals surface area contributed by atoms with Crippen LogP contribution in [0.15, 0.2) is 72.1 Å². The minimum absolute atomic E-state index is 0.00934. The molecule has 0 amide bonds. The van der Waals surface area contributed by atoms with E-state index in [2.05, 4.69) is 14.9 Å². The lowest BCUT2D eigenvalue weighted by Gasteiger charge is -2.57. The zero-order valence-electron chi connectivity index (χ0n) is 18.7. The molecule has 2 aliphatic rings. The van der Waals surface area contributed by atoms with Gasteiger partial charge in [0.15, 0.2) is 0 Å². The highest BCUT2D eigenvalue weighted by Gasteiger charge is 2.50. The number of nitrogens with zero attached hydrogens (tertiary/aromatic N) is 4. The van der Waals surface area contributed by atoms with Crippen molar-refractivity contribution in [3.05, 3.63) is 78.6 Å². The van der Waals surface area contributed by atoms with E-state index in [0.717, 1.165) is 36.1 Å². The summed E-state index contributed by atoms with van der Waals surface area (Å²) in [6.07, 6.45) is 6.60. The molecule has 5 rings (SSSR count). The molecule has 9 heteroatoms. The van der Waals surface area contributed by atoms with Gasteiger partial charge in [-0.05, 0) is 54.8 Å². The highest BCUT2D eigenvalue weighted by atomic mass is 32.2. The molecule has 2 aliphatic heterocycles. The molecule has 2 aromatic carbocycles. The normalized spacial score (nSPS) is 24.0. The van der Waals surface area contributed by atoms with Crippen molar-refractivity contribution in [2.24, 2.45) is 0 Å². The molecule has 0 unspecified atom stereocenters. The van der Waals surface area contributed by atoms with Crippen molar-refractivity contribution in [2.75, 3.05) is 26.2 Å². The van der Waals surface area contributed by atoms with Gasteiger partial charge in [-0.1, -0.05) is 24.3 Å². The Morgan fingerprint density at radius 3 is 2.29 bits per heavy atom. The number of aliphatic hydroxyl groups excluding tert-OH is 1. The molecule has 7 nitrogen and oxygen atoms in total. The summed E-state index contributed by atoms with van der Waals surface area (Å²) in [5.74, 6) is -0.455. The van der Waals surface area contributed by atoms with E-state index in [-0.39, 0.29) is 29.5 Å². The number of halogens is 1. The van der Waals surface area contributed by atoms with E-state index in [1.807, 2.05) is 24.3 Å². The van der Waals surface area contributed by atoms with Crippen LogP contribution in [0.1, 0.15) is 24.3 Å². The van der Waals surface area contributed by atoms with Gasteiger partial charge in [0.2, 0.25) is 10.0 Å². The number of benzene rings is 2. The quantitative estimate of drug-likeness (QED) is 0.602. The molecule has 3 heterocycles. The van der Waals surface area contributed by atoms with Crippen molar-refractivity contribution in [1.29, 1.82) is 0 Å². The number of fused-ring (bicyclic) bond motifs is 1. The van der Waals surface area contributed by atoms with Gasteiger partial charge in [-0.2, -0.15) is 4.31 Å². The van der Waals surface area contributed by atoms with Gasteiger partial charge in [-0.15, -0.1) is 0 Å². The van der Waals surface area contributed by atoms with Crippen LogP contribution in [0.25, 0.3) is 11.1 Å².